The molecule has 0 bridgehead atoms. The second-order valence-corrected chi connectivity index (χ2v) is 15.1. The maximum absolute atomic E-state index is 2.62. The minimum atomic E-state index is 0.0550. The summed E-state index contributed by atoms with van der Waals surface area (Å²) in [7, 11) is 0.110. The summed E-state index contributed by atoms with van der Waals surface area (Å²) >= 11 is 0. The Balaban J connectivity index is 3.36. The zero-order valence-electron chi connectivity index (χ0n) is 13.5. The molecule has 2 radical (unpaired) electrons. The predicted molar refractivity (Wildman–Crippen MR) is 90.4 cm³/mol. The Morgan fingerprint density at radius 3 is 1.17 bits per heavy atom. The average molecular weight is 285 g/mol. The molecule has 0 fully saturated rings. The molecule has 0 aliphatic carbocycles. The molecule has 0 aromatic rings. The molecule has 0 saturated heterocycles. The Morgan fingerprint density at radius 1 is 0.500 bits per heavy atom. The maximum Gasteiger partial charge on any atom is 0.0342 e. The predicted octanol–water partition coefficient (Wildman–Crippen LogP) is 6.25. The van der Waals surface area contributed by atoms with Crippen molar-refractivity contribution >= 4 is 16.6 Å². The minimum absolute atomic E-state index is 0.0550. The molecule has 0 atom stereocenters. The highest BCUT2D eigenvalue weighted by Gasteiger charge is 2.14. The minimum Gasteiger partial charge on any atom is -0.0733 e. The van der Waals surface area contributed by atoms with E-state index < -0.39 is 0 Å². The first-order valence-corrected chi connectivity index (χ1v) is 13.8. The average Bonchev–Trinajstić information content (AvgIpc) is 2.37. The van der Waals surface area contributed by atoms with Crippen LogP contribution in [0.1, 0.15) is 78.1 Å². The molecule has 2 heteroatoms. The van der Waals surface area contributed by atoms with Gasteiger partial charge in [-0.3, -0.25) is 0 Å². The van der Waals surface area contributed by atoms with E-state index in [1.807, 2.05) is 0 Å². The van der Waals surface area contributed by atoms with Gasteiger partial charge < -0.3 is 0 Å². The van der Waals surface area contributed by atoms with E-state index >= 15 is 0 Å². The molecule has 108 valence electrons. The van der Waals surface area contributed by atoms with Gasteiger partial charge in [0.1, 0.15) is 0 Å². The number of hydrogen-bond acceptors (Lipinski definition) is 0. The number of unbranched alkanes of at least 4 members (excludes halogenated alkanes) is 8. The van der Waals surface area contributed by atoms with Crippen molar-refractivity contribution in [1.82, 2.24) is 0 Å². The van der Waals surface area contributed by atoms with Gasteiger partial charge in [-0.1, -0.05) is 103 Å². The Bertz CT molecular complexity index is 141. The normalized spacial score (nSPS) is 11.7. The molecule has 0 aromatic carbocycles. The quantitative estimate of drug-likeness (QED) is 0.277. The van der Waals surface area contributed by atoms with Crippen molar-refractivity contribution in [2.24, 2.45) is 0 Å². The van der Waals surface area contributed by atoms with Crippen molar-refractivity contribution in [2.75, 3.05) is 0 Å². The topological polar surface area (TPSA) is 0 Å². The Kier molecular flexibility index (Phi) is 14.2. The van der Waals surface area contributed by atoms with Crippen LogP contribution in [0.4, 0.5) is 0 Å². The highest BCUT2D eigenvalue weighted by Crippen LogP contribution is 2.14. The van der Waals surface area contributed by atoms with E-state index in [0.29, 0.717) is 0 Å². The van der Waals surface area contributed by atoms with Crippen molar-refractivity contribution < 1.29 is 0 Å². The van der Waals surface area contributed by atoms with Gasteiger partial charge in [-0.25, -0.2) is 0 Å². The number of hydrogen-bond donors (Lipinski definition) is 0. The lowest BCUT2D eigenvalue weighted by Crippen LogP contribution is -2.29. The molecular formula is C16H36Si2. The van der Waals surface area contributed by atoms with Crippen LogP contribution in [-0.2, 0) is 0 Å². The number of rotatable bonds is 13. The standard InChI is InChI=1S/C16H36Si2/c1-5-7-9-11-13-15-17(3)18(4)16-14-12-10-8-6-2/h5-16H2,1-4H3. The van der Waals surface area contributed by atoms with Gasteiger partial charge in [0.05, 0.1) is 0 Å². The Labute approximate surface area is 120 Å². The lowest BCUT2D eigenvalue weighted by molar-refractivity contribution is 0.653. The third-order valence-electron chi connectivity index (χ3n) is 4.04. The summed E-state index contributed by atoms with van der Waals surface area (Å²) in [5.74, 6) is 0. The van der Waals surface area contributed by atoms with E-state index in [0.717, 1.165) is 0 Å². The Morgan fingerprint density at radius 2 is 0.833 bits per heavy atom. The van der Waals surface area contributed by atoms with Crippen molar-refractivity contribution in [3.63, 3.8) is 0 Å². The molecule has 0 saturated carbocycles. The van der Waals surface area contributed by atoms with Gasteiger partial charge in [0.2, 0.25) is 0 Å². The van der Waals surface area contributed by atoms with E-state index in [4.69, 9.17) is 0 Å². The van der Waals surface area contributed by atoms with Crippen molar-refractivity contribution in [3.8, 4) is 0 Å². The van der Waals surface area contributed by atoms with E-state index in [-0.39, 0.29) is 16.6 Å². The van der Waals surface area contributed by atoms with Crippen LogP contribution in [0.2, 0.25) is 25.2 Å². The highest BCUT2D eigenvalue weighted by molar-refractivity contribution is 7.21. The molecule has 0 nitrogen and oxygen atoms in total. The van der Waals surface area contributed by atoms with E-state index in [1.54, 1.807) is 12.1 Å². The fourth-order valence-electron chi connectivity index (χ4n) is 2.41. The summed E-state index contributed by atoms with van der Waals surface area (Å²) in [5.41, 5.74) is 0. The SMILES string of the molecule is CCCCCCC[Si](C)[Si](C)CCCCCCC. The van der Waals surface area contributed by atoms with Crippen LogP contribution >= 0.6 is 0 Å². The third-order valence-corrected chi connectivity index (χ3v) is 13.6. The third kappa shape index (κ3) is 11.5. The summed E-state index contributed by atoms with van der Waals surface area (Å²) in [6.45, 7) is 9.84. The molecule has 0 spiro atoms. The van der Waals surface area contributed by atoms with Crippen LogP contribution in [0.5, 0.6) is 0 Å². The maximum atomic E-state index is 2.62. The molecule has 18 heavy (non-hydrogen) atoms. The molecule has 0 unspecified atom stereocenters. The van der Waals surface area contributed by atoms with Crippen LogP contribution in [0.3, 0.4) is 0 Å². The van der Waals surface area contributed by atoms with Crippen LogP contribution in [0.25, 0.3) is 0 Å². The van der Waals surface area contributed by atoms with Gasteiger partial charge in [0.15, 0.2) is 0 Å². The van der Waals surface area contributed by atoms with Gasteiger partial charge in [0, 0.05) is 16.6 Å². The smallest absolute Gasteiger partial charge is 0.0342 e. The first kappa shape index (κ1) is 18.4. The van der Waals surface area contributed by atoms with Crippen LogP contribution in [0, 0.1) is 0 Å². The first-order chi connectivity index (χ1) is 8.72. The molecular weight excluding hydrogens is 248 g/mol. The Hall–Kier alpha value is 0.434. The van der Waals surface area contributed by atoms with Gasteiger partial charge in [0.25, 0.3) is 0 Å². The van der Waals surface area contributed by atoms with Gasteiger partial charge >= 0.3 is 0 Å². The van der Waals surface area contributed by atoms with Gasteiger partial charge in [-0.15, -0.1) is 0 Å². The highest BCUT2D eigenvalue weighted by atomic mass is 29.2. The summed E-state index contributed by atoms with van der Waals surface area (Å²) in [5, 5.41) is 0. The molecule has 0 rings (SSSR count). The lowest BCUT2D eigenvalue weighted by atomic mass is 10.2. The fraction of sp³-hybridized carbons (Fsp3) is 1.00. The molecule has 0 aromatic heterocycles. The first-order valence-electron chi connectivity index (χ1n) is 8.37. The largest absolute Gasteiger partial charge is 0.0733 e. The second-order valence-electron chi connectivity index (χ2n) is 5.89. The monoisotopic (exact) mass is 284 g/mol. The molecule has 0 aliphatic heterocycles. The fourth-order valence-corrected chi connectivity index (χ4v) is 8.45. The van der Waals surface area contributed by atoms with Crippen LogP contribution in [0.15, 0.2) is 0 Å². The van der Waals surface area contributed by atoms with Crippen molar-refractivity contribution in [3.05, 3.63) is 0 Å². The zero-order valence-corrected chi connectivity index (χ0v) is 15.5. The van der Waals surface area contributed by atoms with Crippen LogP contribution in [-0.4, -0.2) is 16.6 Å². The molecule has 0 amide bonds. The van der Waals surface area contributed by atoms with Crippen molar-refractivity contribution in [2.45, 2.75) is 103 Å². The second kappa shape index (κ2) is 13.9. The molecule has 0 aliphatic rings. The van der Waals surface area contributed by atoms with E-state index in [2.05, 4.69) is 26.9 Å². The van der Waals surface area contributed by atoms with Crippen molar-refractivity contribution in [1.29, 1.82) is 0 Å². The van der Waals surface area contributed by atoms with Gasteiger partial charge in [-0.2, -0.15) is 0 Å². The summed E-state index contributed by atoms with van der Waals surface area (Å²) in [6, 6.07) is 3.21. The van der Waals surface area contributed by atoms with Gasteiger partial charge in [-0.05, 0) is 0 Å². The summed E-state index contributed by atoms with van der Waals surface area (Å²) in [4.78, 5) is 0. The van der Waals surface area contributed by atoms with E-state index in [9.17, 15) is 0 Å². The molecule has 0 heterocycles. The lowest BCUT2D eigenvalue weighted by Gasteiger charge is -2.16. The zero-order chi connectivity index (χ0) is 13.6. The molecule has 0 N–H and O–H groups in total. The summed E-state index contributed by atoms with van der Waals surface area (Å²) in [6.07, 6.45) is 14.7. The van der Waals surface area contributed by atoms with Crippen LogP contribution < -0.4 is 0 Å². The van der Waals surface area contributed by atoms with E-state index in [1.165, 1.54) is 64.2 Å². The summed E-state index contributed by atoms with van der Waals surface area (Å²) < 4.78 is 0.